The van der Waals surface area contributed by atoms with Crippen LogP contribution < -0.4 is 5.32 Å². The van der Waals surface area contributed by atoms with Crippen LogP contribution in [-0.2, 0) is 28.8 Å². The molecule has 1 aliphatic carbocycles. The van der Waals surface area contributed by atoms with E-state index in [1.807, 2.05) is 0 Å². The van der Waals surface area contributed by atoms with E-state index in [-0.39, 0.29) is 12.0 Å². The summed E-state index contributed by atoms with van der Waals surface area (Å²) >= 11 is 0. The van der Waals surface area contributed by atoms with E-state index >= 15 is 0 Å². The Kier molecular flexibility index (Phi) is 6.49. The first-order valence-corrected chi connectivity index (χ1v) is 9.81. The van der Waals surface area contributed by atoms with Crippen molar-refractivity contribution in [2.45, 2.75) is 52.1 Å². The number of rotatable bonds is 6. The van der Waals surface area contributed by atoms with Crippen LogP contribution in [0.5, 0.6) is 0 Å². The molecule has 4 heteroatoms. The number of fused-ring (bicyclic) bond motifs is 1. The van der Waals surface area contributed by atoms with Crippen LogP contribution in [0.15, 0.2) is 18.2 Å². The van der Waals surface area contributed by atoms with Gasteiger partial charge in [-0.15, -0.1) is 0 Å². The molecular formula is C21H32N2O2. The molecule has 3 rings (SSSR count). The Balaban J connectivity index is 1.45. The average Bonchev–Trinajstić information content (AvgIpc) is 2.60. The number of nitrogens with one attached hydrogen (secondary N) is 1. The first kappa shape index (κ1) is 18.4. The minimum absolute atomic E-state index is 0.0975. The quantitative estimate of drug-likeness (QED) is 0.862. The highest BCUT2D eigenvalue weighted by atomic mass is 16.5. The monoisotopic (exact) mass is 344 g/mol. The van der Waals surface area contributed by atoms with Gasteiger partial charge < -0.3 is 10.1 Å². The lowest BCUT2D eigenvalue weighted by Crippen LogP contribution is -2.48. The fourth-order valence-corrected chi connectivity index (χ4v) is 3.96. The van der Waals surface area contributed by atoms with Crippen LogP contribution in [0.25, 0.3) is 0 Å². The summed E-state index contributed by atoms with van der Waals surface area (Å²) in [6, 6.07) is 6.56. The summed E-state index contributed by atoms with van der Waals surface area (Å²) in [5.74, 6) is 0.762. The Bertz CT molecular complexity index is 585. The Labute approximate surface area is 151 Å². The van der Waals surface area contributed by atoms with Crippen molar-refractivity contribution >= 4 is 5.91 Å². The fourth-order valence-electron chi connectivity index (χ4n) is 3.96. The lowest BCUT2D eigenvalue weighted by atomic mass is 9.90. The van der Waals surface area contributed by atoms with Gasteiger partial charge in [-0.1, -0.05) is 32.0 Å². The number of amides is 1. The molecule has 0 bridgehead atoms. The van der Waals surface area contributed by atoms with Crippen LogP contribution in [0.2, 0.25) is 0 Å². The van der Waals surface area contributed by atoms with Crippen molar-refractivity contribution in [3.05, 3.63) is 34.9 Å². The van der Waals surface area contributed by atoms with Gasteiger partial charge in [0.2, 0.25) is 5.91 Å². The topological polar surface area (TPSA) is 41.6 Å². The molecule has 1 aliphatic heterocycles. The van der Waals surface area contributed by atoms with Crippen LogP contribution in [0, 0.1) is 5.92 Å². The van der Waals surface area contributed by atoms with Crippen LogP contribution in [0.4, 0.5) is 0 Å². The van der Waals surface area contributed by atoms with Gasteiger partial charge in [0.05, 0.1) is 19.1 Å². The highest BCUT2D eigenvalue weighted by Crippen LogP contribution is 2.22. The maximum absolute atomic E-state index is 12.3. The standard InChI is InChI=1S/C21H32N2O2/c1-16(2)14-23-9-10-25-20(15-23)13-22-21(24)12-17-7-8-18-5-3-4-6-19(18)11-17/h7-8,11,16,20H,3-6,9-10,12-15H2,1-2H3,(H,22,24)/t20-/m0/s1. The predicted molar refractivity (Wildman–Crippen MR) is 101 cm³/mol. The zero-order chi connectivity index (χ0) is 17.6. The van der Waals surface area contributed by atoms with Crippen molar-refractivity contribution in [2.75, 3.05) is 32.8 Å². The third-order valence-corrected chi connectivity index (χ3v) is 5.15. The lowest BCUT2D eigenvalue weighted by molar-refractivity contribution is -0.121. The first-order valence-electron chi connectivity index (χ1n) is 9.81. The molecule has 1 atom stereocenters. The molecule has 0 saturated carbocycles. The Morgan fingerprint density at radius 2 is 2.08 bits per heavy atom. The van der Waals surface area contributed by atoms with Gasteiger partial charge in [-0.25, -0.2) is 0 Å². The molecule has 25 heavy (non-hydrogen) atoms. The minimum Gasteiger partial charge on any atom is -0.374 e. The summed E-state index contributed by atoms with van der Waals surface area (Å²) in [7, 11) is 0. The van der Waals surface area contributed by atoms with E-state index in [1.165, 1.54) is 30.4 Å². The van der Waals surface area contributed by atoms with E-state index in [9.17, 15) is 4.79 Å². The summed E-state index contributed by atoms with van der Waals surface area (Å²) in [6.45, 7) is 8.87. The van der Waals surface area contributed by atoms with Crippen LogP contribution in [0.1, 0.15) is 43.4 Å². The third kappa shape index (κ3) is 5.55. The van der Waals surface area contributed by atoms with E-state index < -0.39 is 0 Å². The maximum Gasteiger partial charge on any atom is 0.224 e. The van der Waals surface area contributed by atoms with Crippen molar-refractivity contribution in [1.29, 1.82) is 0 Å². The molecule has 1 amide bonds. The zero-order valence-electron chi connectivity index (χ0n) is 15.7. The molecule has 0 radical (unpaired) electrons. The molecule has 0 aromatic heterocycles. The van der Waals surface area contributed by atoms with E-state index in [2.05, 4.69) is 42.3 Å². The normalized spacial score (nSPS) is 21.2. The number of carbonyl (C=O) groups is 1. The molecule has 1 aromatic carbocycles. The lowest BCUT2D eigenvalue weighted by Gasteiger charge is -2.34. The van der Waals surface area contributed by atoms with Gasteiger partial charge in [0.15, 0.2) is 0 Å². The molecule has 2 aliphatic rings. The molecule has 1 aromatic rings. The summed E-state index contributed by atoms with van der Waals surface area (Å²) in [5.41, 5.74) is 4.04. The zero-order valence-corrected chi connectivity index (χ0v) is 15.7. The average molecular weight is 344 g/mol. The second kappa shape index (κ2) is 8.81. The van der Waals surface area contributed by atoms with Crippen molar-refractivity contribution in [2.24, 2.45) is 5.92 Å². The van der Waals surface area contributed by atoms with E-state index in [0.717, 1.165) is 38.2 Å². The molecule has 138 valence electrons. The number of carbonyl (C=O) groups excluding carboxylic acids is 1. The number of aryl methyl sites for hydroxylation is 2. The smallest absolute Gasteiger partial charge is 0.224 e. The van der Waals surface area contributed by atoms with Crippen LogP contribution >= 0.6 is 0 Å². The number of benzene rings is 1. The molecule has 1 heterocycles. The molecule has 0 spiro atoms. The molecule has 1 saturated heterocycles. The van der Waals surface area contributed by atoms with Gasteiger partial charge in [0.1, 0.15) is 0 Å². The molecule has 0 unspecified atom stereocenters. The fraction of sp³-hybridized carbons (Fsp3) is 0.667. The SMILES string of the molecule is CC(C)CN1CCO[C@@H](CNC(=O)Cc2ccc3c(c2)CCCC3)C1. The Morgan fingerprint density at radius 1 is 1.28 bits per heavy atom. The largest absolute Gasteiger partial charge is 0.374 e. The Morgan fingerprint density at radius 3 is 2.88 bits per heavy atom. The summed E-state index contributed by atoms with van der Waals surface area (Å²) in [5, 5.41) is 3.06. The van der Waals surface area contributed by atoms with Crippen molar-refractivity contribution < 1.29 is 9.53 Å². The molecule has 1 N–H and O–H groups in total. The highest BCUT2D eigenvalue weighted by molar-refractivity contribution is 5.78. The second-order valence-electron chi connectivity index (χ2n) is 7.94. The third-order valence-electron chi connectivity index (χ3n) is 5.15. The second-order valence-corrected chi connectivity index (χ2v) is 7.94. The number of hydrogen-bond acceptors (Lipinski definition) is 3. The Hall–Kier alpha value is -1.39. The van der Waals surface area contributed by atoms with Gasteiger partial charge in [-0.3, -0.25) is 9.69 Å². The number of nitrogens with zero attached hydrogens (tertiary/aromatic N) is 1. The van der Waals surface area contributed by atoms with Crippen LogP contribution in [-0.4, -0.2) is 49.7 Å². The number of hydrogen-bond donors (Lipinski definition) is 1. The molecular weight excluding hydrogens is 312 g/mol. The van der Waals surface area contributed by atoms with Crippen molar-refractivity contribution in [3.8, 4) is 0 Å². The van der Waals surface area contributed by atoms with Gasteiger partial charge in [-0.2, -0.15) is 0 Å². The molecule has 4 nitrogen and oxygen atoms in total. The maximum atomic E-state index is 12.3. The van der Waals surface area contributed by atoms with Gasteiger partial charge in [-0.05, 0) is 48.3 Å². The number of ether oxygens (including phenoxy) is 1. The highest BCUT2D eigenvalue weighted by Gasteiger charge is 2.21. The number of morpholine rings is 1. The van der Waals surface area contributed by atoms with Crippen molar-refractivity contribution in [1.82, 2.24) is 10.2 Å². The summed E-state index contributed by atoms with van der Waals surface area (Å²) in [4.78, 5) is 14.7. The van der Waals surface area contributed by atoms with Crippen molar-refractivity contribution in [3.63, 3.8) is 0 Å². The first-order chi connectivity index (χ1) is 12.1. The van der Waals surface area contributed by atoms with Gasteiger partial charge >= 0.3 is 0 Å². The molecule has 1 fully saturated rings. The van der Waals surface area contributed by atoms with E-state index in [0.29, 0.717) is 18.9 Å². The van der Waals surface area contributed by atoms with E-state index in [4.69, 9.17) is 4.74 Å². The minimum atomic E-state index is 0.0975. The summed E-state index contributed by atoms with van der Waals surface area (Å²) in [6.07, 6.45) is 5.49. The summed E-state index contributed by atoms with van der Waals surface area (Å²) < 4.78 is 5.81. The van der Waals surface area contributed by atoms with Gasteiger partial charge in [0.25, 0.3) is 0 Å². The predicted octanol–water partition coefficient (Wildman–Crippen LogP) is 2.58. The van der Waals surface area contributed by atoms with E-state index in [1.54, 1.807) is 0 Å². The van der Waals surface area contributed by atoms with Gasteiger partial charge in [0, 0.05) is 26.2 Å². The van der Waals surface area contributed by atoms with Crippen LogP contribution in [0.3, 0.4) is 0 Å².